The molecule has 0 spiro atoms. The van der Waals surface area contributed by atoms with Gasteiger partial charge in [0, 0.05) is 6.42 Å². The summed E-state index contributed by atoms with van der Waals surface area (Å²) in [4.78, 5) is 12.2. The first-order valence-electron chi connectivity index (χ1n) is 15.5. The van der Waals surface area contributed by atoms with Gasteiger partial charge in [0.25, 0.3) is 0 Å². The van der Waals surface area contributed by atoms with Crippen LogP contribution in [0.2, 0.25) is 0 Å². The van der Waals surface area contributed by atoms with Gasteiger partial charge in [0.05, 0.1) is 18.8 Å². The first-order chi connectivity index (χ1) is 17.7. The maximum absolute atomic E-state index is 12.2. The third kappa shape index (κ3) is 24.6. The highest BCUT2D eigenvalue weighted by molar-refractivity contribution is 5.76. The molecule has 36 heavy (non-hydrogen) atoms. The molecular weight excluding hydrogens is 446 g/mol. The third-order valence-electron chi connectivity index (χ3n) is 6.97. The standard InChI is InChI=1S/C32H61NO3/c1-3-5-7-9-10-11-12-13-14-15-16-17-18-19-20-21-22-24-26-28-32(36)33-30(29-34)31(35)27-25-23-8-6-4-2/h10-11,13-14,30-31,34-35H,3-9,12,15-29H2,1-2H3,(H,33,36)/b11-10-,14-13-. The zero-order valence-corrected chi connectivity index (χ0v) is 24.0. The van der Waals surface area contributed by atoms with E-state index in [2.05, 4.69) is 43.5 Å². The molecule has 212 valence electrons. The Hall–Kier alpha value is -1.13. The van der Waals surface area contributed by atoms with E-state index in [1.54, 1.807) is 0 Å². The summed E-state index contributed by atoms with van der Waals surface area (Å²) in [5.41, 5.74) is 0. The molecule has 4 heteroatoms. The van der Waals surface area contributed by atoms with Gasteiger partial charge >= 0.3 is 0 Å². The van der Waals surface area contributed by atoms with Gasteiger partial charge in [-0.15, -0.1) is 0 Å². The van der Waals surface area contributed by atoms with Crippen LogP contribution in [0.4, 0.5) is 0 Å². The Kier molecular flexibility index (Phi) is 27.5. The summed E-state index contributed by atoms with van der Waals surface area (Å²) >= 11 is 0. The lowest BCUT2D eigenvalue weighted by Crippen LogP contribution is -2.45. The molecule has 0 radical (unpaired) electrons. The third-order valence-corrected chi connectivity index (χ3v) is 6.97. The monoisotopic (exact) mass is 507 g/mol. The second-order valence-corrected chi connectivity index (χ2v) is 10.5. The van der Waals surface area contributed by atoms with E-state index in [0.29, 0.717) is 12.8 Å². The number of hydrogen-bond acceptors (Lipinski definition) is 3. The number of aliphatic hydroxyl groups is 2. The van der Waals surface area contributed by atoms with Crippen LogP contribution >= 0.6 is 0 Å². The molecule has 0 rings (SSSR count). The van der Waals surface area contributed by atoms with Crippen molar-refractivity contribution in [3.05, 3.63) is 24.3 Å². The molecule has 0 aromatic rings. The molecule has 0 fully saturated rings. The smallest absolute Gasteiger partial charge is 0.220 e. The molecule has 2 unspecified atom stereocenters. The van der Waals surface area contributed by atoms with Crippen molar-refractivity contribution in [2.24, 2.45) is 0 Å². The number of amides is 1. The summed E-state index contributed by atoms with van der Waals surface area (Å²) in [6.07, 6.45) is 33.9. The average molecular weight is 508 g/mol. The van der Waals surface area contributed by atoms with Gasteiger partial charge in [0.2, 0.25) is 5.91 Å². The predicted octanol–water partition coefficient (Wildman–Crippen LogP) is 8.56. The molecule has 0 aliphatic rings. The Morgan fingerprint density at radius 3 is 1.72 bits per heavy atom. The maximum atomic E-state index is 12.2. The van der Waals surface area contributed by atoms with Gasteiger partial charge in [-0.2, -0.15) is 0 Å². The Balaban J connectivity index is 3.52. The highest BCUT2D eigenvalue weighted by atomic mass is 16.3. The minimum absolute atomic E-state index is 0.0453. The van der Waals surface area contributed by atoms with E-state index in [4.69, 9.17) is 0 Å². The van der Waals surface area contributed by atoms with Crippen LogP contribution in [0.1, 0.15) is 155 Å². The molecule has 4 nitrogen and oxygen atoms in total. The Morgan fingerprint density at radius 1 is 0.667 bits per heavy atom. The fourth-order valence-corrected chi connectivity index (χ4v) is 4.50. The molecule has 0 aliphatic heterocycles. The molecule has 0 saturated carbocycles. The maximum Gasteiger partial charge on any atom is 0.220 e. The van der Waals surface area contributed by atoms with Crippen molar-refractivity contribution < 1.29 is 15.0 Å². The number of allylic oxidation sites excluding steroid dienone is 4. The van der Waals surface area contributed by atoms with Crippen LogP contribution in [0, 0.1) is 0 Å². The van der Waals surface area contributed by atoms with Crippen LogP contribution in [-0.4, -0.2) is 34.9 Å². The predicted molar refractivity (Wildman–Crippen MR) is 156 cm³/mol. The van der Waals surface area contributed by atoms with Crippen LogP contribution in [0.5, 0.6) is 0 Å². The van der Waals surface area contributed by atoms with Crippen molar-refractivity contribution in [1.82, 2.24) is 5.32 Å². The van der Waals surface area contributed by atoms with E-state index < -0.39 is 12.1 Å². The summed E-state index contributed by atoms with van der Waals surface area (Å²) in [5, 5.41) is 22.6. The van der Waals surface area contributed by atoms with Crippen LogP contribution < -0.4 is 5.32 Å². The Bertz CT molecular complexity index is 518. The quantitative estimate of drug-likeness (QED) is 0.0770. The topological polar surface area (TPSA) is 69.6 Å². The van der Waals surface area contributed by atoms with Crippen LogP contribution in [0.3, 0.4) is 0 Å². The molecule has 0 aromatic heterocycles. The van der Waals surface area contributed by atoms with Gasteiger partial charge in [0.1, 0.15) is 0 Å². The first kappa shape index (κ1) is 34.9. The molecule has 2 atom stereocenters. The van der Waals surface area contributed by atoms with E-state index >= 15 is 0 Å². The zero-order chi connectivity index (χ0) is 26.5. The SMILES string of the molecule is CCCCC/C=C\C/C=C\CCCCCCCCCCCC(=O)NC(CO)C(O)CCCCCCC. The number of unbranched alkanes of at least 4 members (excludes halogenated alkanes) is 16. The lowest BCUT2D eigenvalue weighted by Gasteiger charge is -2.22. The van der Waals surface area contributed by atoms with Gasteiger partial charge < -0.3 is 15.5 Å². The molecule has 0 heterocycles. The number of rotatable bonds is 27. The molecular formula is C32H61NO3. The van der Waals surface area contributed by atoms with E-state index in [0.717, 1.165) is 32.1 Å². The van der Waals surface area contributed by atoms with Gasteiger partial charge in [-0.05, 0) is 44.9 Å². The Labute approximate surface area is 224 Å². The Morgan fingerprint density at radius 2 is 1.14 bits per heavy atom. The van der Waals surface area contributed by atoms with E-state index in [1.165, 1.54) is 96.3 Å². The highest BCUT2D eigenvalue weighted by Gasteiger charge is 2.19. The summed E-state index contributed by atoms with van der Waals surface area (Å²) < 4.78 is 0. The lowest BCUT2D eigenvalue weighted by molar-refractivity contribution is -0.123. The van der Waals surface area contributed by atoms with Crippen LogP contribution in [0.25, 0.3) is 0 Å². The second kappa shape index (κ2) is 28.4. The molecule has 0 saturated heterocycles. The average Bonchev–Trinajstić information content (AvgIpc) is 2.88. The van der Waals surface area contributed by atoms with E-state index in [9.17, 15) is 15.0 Å². The number of aliphatic hydroxyl groups excluding tert-OH is 2. The molecule has 0 bridgehead atoms. The molecule has 1 amide bonds. The molecule has 0 aromatic carbocycles. The highest BCUT2D eigenvalue weighted by Crippen LogP contribution is 2.13. The second-order valence-electron chi connectivity index (χ2n) is 10.5. The summed E-state index contributed by atoms with van der Waals surface area (Å²) in [6, 6.07) is -0.531. The van der Waals surface area contributed by atoms with Crippen molar-refractivity contribution in [2.75, 3.05) is 6.61 Å². The number of carbonyl (C=O) groups is 1. The number of hydrogen-bond donors (Lipinski definition) is 3. The van der Waals surface area contributed by atoms with E-state index in [-0.39, 0.29) is 12.5 Å². The van der Waals surface area contributed by atoms with Crippen molar-refractivity contribution >= 4 is 5.91 Å². The van der Waals surface area contributed by atoms with Crippen molar-refractivity contribution in [1.29, 1.82) is 0 Å². The normalized spacial score (nSPS) is 13.6. The van der Waals surface area contributed by atoms with Gasteiger partial charge in [-0.25, -0.2) is 0 Å². The van der Waals surface area contributed by atoms with Crippen LogP contribution in [0.15, 0.2) is 24.3 Å². The van der Waals surface area contributed by atoms with Gasteiger partial charge in [0.15, 0.2) is 0 Å². The van der Waals surface area contributed by atoms with Crippen molar-refractivity contribution in [3.63, 3.8) is 0 Å². The largest absolute Gasteiger partial charge is 0.394 e. The van der Waals surface area contributed by atoms with Gasteiger partial charge in [-0.3, -0.25) is 4.79 Å². The fraction of sp³-hybridized carbons (Fsp3) is 0.844. The summed E-state index contributed by atoms with van der Waals surface area (Å²) in [5.74, 6) is -0.0453. The zero-order valence-electron chi connectivity index (χ0n) is 24.0. The number of carbonyl (C=O) groups excluding carboxylic acids is 1. The fourth-order valence-electron chi connectivity index (χ4n) is 4.50. The first-order valence-corrected chi connectivity index (χ1v) is 15.5. The van der Waals surface area contributed by atoms with Crippen molar-refractivity contribution in [2.45, 2.75) is 167 Å². The number of nitrogens with one attached hydrogen (secondary N) is 1. The lowest BCUT2D eigenvalue weighted by atomic mass is 10.0. The molecule has 3 N–H and O–H groups in total. The van der Waals surface area contributed by atoms with E-state index in [1.807, 2.05) is 0 Å². The van der Waals surface area contributed by atoms with Crippen molar-refractivity contribution in [3.8, 4) is 0 Å². The summed E-state index contributed by atoms with van der Waals surface area (Å²) in [7, 11) is 0. The summed E-state index contributed by atoms with van der Waals surface area (Å²) in [6.45, 7) is 4.23. The molecule has 0 aliphatic carbocycles. The minimum atomic E-state index is -0.654. The minimum Gasteiger partial charge on any atom is -0.394 e. The van der Waals surface area contributed by atoms with Gasteiger partial charge in [-0.1, -0.05) is 128 Å². The van der Waals surface area contributed by atoms with Crippen LogP contribution in [-0.2, 0) is 4.79 Å².